The van der Waals surface area contributed by atoms with E-state index in [1.54, 1.807) is 11.0 Å². The van der Waals surface area contributed by atoms with Crippen molar-refractivity contribution in [2.75, 3.05) is 19.6 Å². The molecule has 2 aliphatic heterocycles. The van der Waals surface area contributed by atoms with E-state index in [-0.39, 0.29) is 18.4 Å². The van der Waals surface area contributed by atoms with Crippen LogP contribution < -0.4 is 0 Å². The second-order valence-corrected chi connectivity index (χ2v) is 6.17. The SMILES string of the molecule is CCCN1C(=O)CC[C@H]2CN(C(=O)Cn3cncn3)CC[C@H]21. The van der Waals surface area contributed by atoms with Crippen LogP contribution in [0.3, 0.4) is 0 Å². The molecular formula is C15H23N5O2. The molecule has 2 aliphatic rings. The van der Waals surface area contributed by atoms with E-state index in [4.69, 9.17) is 0 Å². The summed E-state index contributed by atoms with van der Waals surface area (Å²) in [6.45, 7) is 4.67. The first-order chi connectivity index (χ1) is 10.7. The van der Waals surface area contributed by atoms with Crippen LogP contribution in [0.5, 0.6) is 0 Å². The molecule has 7 nitrogen and oxygen atoms in total. The van der Waals surface area contributed by atoms with Crippen molar-refractivity contribution in [3.05, 3.63) is 12.7 Å². The number of likely N-dealkylation sites (tertiary alicyclic amines) is 2. The fourth-order valence-electron chi connectivity index (χ4n) is 3.66. The van der Waals surface area contributed by atoms with Crippen LogP contribution in [0.2, 0.25) is 0 Å². The Labute approximate surface area is 130 Å². The van der Waals surface area contributed by atoms with Crippen LogP contribution in [-0.2, 0) is 16.1 Å². The predicted octanol–water partition coefficient (Wildman–Crippen LogP) is 0.528. The van der Waals surface area contributed by atoms with Gasteiger partial charge in [0.1, 0.15) is 19.2 Å². The molecule has 0 unspecified atom stereocenters. The molecule has 1 aromatic heterocycles. The largest absolute Gasteiger partial charge is 0.341 e. The fourth-order valence-corrected chi connectivity index (χ4v) is 3.66. The van der Waals surface area contributed by atoms with E-state index in [9.17, 15) is 9.59 Å². The first kappa shape index (κ1) is 15.0. The van der Waals surface area contributed by atoms with Crippen LogP contribution in [0.15, 0.2) is 12.7 Å². The molecule has 0 N–H and O–H groups in total. The number of rotatable bonds is 4. The topological polar surface area (TPSA) is 71.3 Å². The molecule has 2 amide bonds. The number of carbonyl (C=O) groups is 2. The van der Waals surface area contributed by atoms with E-state index < -0.39 is 0 Å². The molecule has 0 saturated carbocycles. The summed E-state index contributed by atoms with van der Waals surface area (Å²) in [4.78, 5) is 32.3. The van der Waals surface area contributed by atoms with Gasteiger partial charge in [-0.25, -0.2) is 9.67 Å². The Balaban J connectivity index is 1.61. The molecule has 22 heavy (non-hydrogen) atoms. The standard InChI is InChI=1S/C15H23N5O2/c1-2-6-20-13-5-7-18(8-12(13)3-4-14(20)21)15(22)9-19-11-16-10-17-19/h10-13H,2-9H2,1H3/t12-,13+/m0/s1. The highest BCUT2D eigenvalue weighted by atomic mass is 16.2. The Kier molecular flexibility index (Phi) is 4.40. The van der Waals surface area contributed by atoms with Crippen molar-refractivity contribution >= 4 is 11.8 Å². The number of hydrogen-bond acceptors (Lipinski definition) is 4. The third-order valence-corrected chi connectivity index (χ3v) is 4.72. The van der Waals surface area contributed by atoms with E-state index in [1.165, 1.54) is 6.33 Å². The van der Waals surface area contributed by atoms with Gasteiger partial charge in [-0.2, -0.15) is 5.10 Å². The molecular weight excluding hydrogens is 282 g/mol. The fraction of sp³-hybridized carbons (Fsp3) is 0.733. The van der Waals surface area contributed by atoms with Gasteiger partial charge < -0.3 is 9.80 Å². The van der Waals surface area contributed by atoms with Gasteiger partial charge in [-0.1, -0.05) is 6.92 Å². The highest BCUT2D eigenvalue weighted by Crippen LogP contribution is 2.31. The number of carbonyl (C=O) groups excluding carboxylic acids is 2. The number of amides is 2. The molecule has 0 bridgehead atoms. The minimum absolute atomic E-state index is 0.0860. The van der Waals surface area contributed by atoms with E-state index in [0.717, 1.165) is 38.9 Å². The van der Waals surface area contributed by atoms with Crippen molar-refractivity contribution < 1.29 is 9.59 Å². The number of nitrogens with zero attached hydrogens (tertiary/aromatic N) is 5. The summed E-state index contributed by atoms with van der Waals surface area (Å²) in [6, 6.07) is 0.316. The number of aromatic nitrogens is 3. The van der Waals surface area contributed by atoms with Crippen LogP contribution >= 0.6 is 0 Å². The maximum atomic E-state index is 12.4. The van der Waals surface area contributed by atoms with Gasteiger partial charge in [0.2, 0.25) is 11.8 Å². The highest BCUT2D eigenvalue weighted by molar-refractivity contribution is 5.78. The quantitative estimate of drug-likeness (QED) is 0.813. The first-order valence-electron chi connectivity index (χ1n) is 8.08. The van der Waals surface area contributed by atoms with Crippen molar-refractivity contribution in [2.45, 2.75) is 45.2 Å². The Morgan fingerprint density at radius 1 is 1.41 bits per heavy atom. The van der Waals surface area contributed by atoms with Crippen molar-refractivity contribution in [2.24, 2.45) is 5.92 Å². The predicted molar refractivity (Wildman–Crippen MR) is 79.7 cm³/mol. The molecule has 3 rings (SSSR count). The highest BCUT2D eigenvalue weighted by Gasteiger charge is 2.39. The zero-order chi connectivity index (χ0) is 15.5. The lowest BCUT2D eigenvalue weighted by Gasteiger charge is -2.47. The van der Waals surface area contributed by atoms with Crippen LogP contribution in [0.25, 0.3) is 0 Å². The van der Waals surface area contributed by atoms with Crippen molar-refractivity contribution in [1.29, 1.82) is 0 Å². The molecule has 0 radical (unpaired) electrons. The van der Waals surface area contributed by atoms with E-state index >= 15 is 0 Å². The summed E-state index contributed by atoms with van der Waals surface area (Å²) in [7, 11) is 0. The molecule has 0 aromatic carbocycles. The Hall–Kier alpha value is -1.92. The lowest BCUT2D eigenvalue weighted by atomic mass is 9.83. The molecule has 2 saturated heterocycles. The van der Waals surface area contributed by atoms with Crippen molar-refractivity contribution in [3.63, 3.8) is 0 Å². The van der Waals surface area contributed by atoms with E-state index in [0.29, 0.717) is 18.4 Å². The van der Waals surface area contributed by atoms with Gasteiger partial charge in [0, 0.05) is 32.1 Å². The summed E-state index contributed by atoms with van der Waals surface area (Å²) in [5, 5.41) is 3.98. The third kappa shape index (κ3) is 2.98. The molecule has 1 aromatic rings. The van der Waals surface area contributed by atoms with Crippen LogP contribution in [-0.4, -0.2) is 62.1 Å². The van der Waals surface area contributed by atoms with E-state index in [1.807, 2.05) is 9.80 Å². The summed E-state index contributed by atoms with van der Waals surface area (Å²) >= 11 is 0. The Bertz CT molecular complexity index is 530. The number of fused-ring (bicyclic) bond motifs is 1. The van der Waals surface area contributed by atoms with Gasteiger partial charge in [0.25, 0.3) is 0 Å². The molecule has 120 valence electrons. The molecule has 2 fully saturated rings. The average molecular weight is 305 g/mol. The maximum Gasteiger partial charge on any atom is 0.244 e. The Morgan fingerprint density at radius 2 is 2.27 bits per heavy atom. The smallest absolute Gasteiger partial charge is 0.244 e. The van der Waals surface area contributed by atoms with Crippen LogP contribution in [0.1, 0.15) is 32.6 Å². The number of piperidine rings is 2. The second-order valence-electron chi connectivity index (χ2n) is 6.17. The molecule has 0 aliphatic carbocycles. The zero-order valence-electron chi connectivity index (χ0n) is 13.0. The normalized spacial score (nSPS) is 25.2. The first-order valence-corrected chi connectivity index (χ1v) is 8.08. The third-order valence-electron chi connectivity index (χ3n) is 4.72. The maximum absolute atomic E-state index is 12.4. The van der Waals surface area contributed by atoms with Crippen molar-refractivity contribution in [3.8, 4) is 0 Å². The van der Waals surface area contributed by atoms with Gasteiger partial charge in [-0.15, -0.1) is 0 Å². The molecule has 7 heteroatoms. The number of hydrogen-bond donors (Lipinski definition) is 0. The summed E-state index contributed by atoms with van der Waals surface area (Å²) in [5.41, 5.74) is 0. The molecule has 0 spiro atoms. The Morgan fingerprint density at radius 3 is 3.00 bits per heavy atom. The van der Waals surface area contributed by atoms with Crippen LogP contribution in [0.4, 0.5) is 0 Å². The summed E-state index contributed by atoms with van der Waals surface area (Å²) in [6.07, 6.45) is 6.40. The molecule has 2 atom stereocenters. The van der Waals surface area contributed by atoms with Crippen LogP contribution in [0, 0.1) is 5.92 Å². The van der Waals surface area contributed by atoms with Gasteiger partial charge in [0.15, 0.2) is 0 Å². The average Bonchev–Trinajstić information content (AvgIpc) is 3.02. The minimum Gasteiger partial charge on any atom is -0.341 e. The van der Waals surface area contributed by atoms with Gasteiger partial charge in [0.05, 0.1) is 0 Å². The summed E-state index contributed by atoms with van der Waals surface area (Å²) in [5.74, 6) is 0.783. The van der Waals surface area contributed by atoms with Crippen molar-refractivity contribution in [1.82, 2.24) is 24.6 Å². The zero-order valence-corrected chi connectivity index (χ0v) is 13.0. The van der Waals surface area contributed by atoms with E-state index in [2.05, 4.69) is 17.0 Å². The minimum atomic E-state index is 0.0860. The van der Waals surface area contributed by atoms with Gasteiger partial charge in [-0.3, -0.25) is 9.59 Å². The van der Waals surface area contributed by atoms with Gasteiger partial charge in [-0.05, 0) is 25.2 Å². The monoisotopic (exact) mass is 305 g/mol. The van der Waals surface area contributed by atoms with Gasteiger partial charge >= 0.3 is 0 Å². The lowest BCUT2D eigenvalue weighted by Crippen LogP contribution is -2.57. The lowest BCUT2D eigenvalue weighted by molar-refractivity contribution is -0.144. The molecule has 3 heterocycles. The second kappa shape index (κ2) is 6.46. The summed E-state index contributed by atoms with van der Waals surface area (Å²) < 4.78 is 1.56.